The highest BCUT2D eigenvalue weighted by Gasteiger charge is 2.12. The lowest BCUT2D eigenvalue weighted by Crippen LogP contribution is -2.24. The van der Waals surface area contributed by atoms with E-state index < -0.39 is 0 Å². The molecule has 1 atom stereocenters. The van der Waals surface area contributed by atoms with Gasteiger partial charge in [0.05, 0.1) is 24.7 Å². The molecular formula is C26H24N4O. The average molecular weight is 409 g/mol. The summed E-state index contributed by atoms with van der Waals surface area (Å²) in [7, 11) is 1.68. The second-order valence-electron chi connectivity index (χ2n) is 7.77. The van der Waals surface area contributed by atoms with E-state index in [-0.39, 0.29) is 0 Å². The molecule has 0 fully saturated rings. The van der Waals surface area contributed by atoms with Gasteiger partial charge in [0.2, 0.25) is 5.62 Å². The number of rotatable bonds is 5. The van der Waals surface area contributed by atoms with Gasteiger partial charge in [-0.05, 0) is 41.3 Å². The summed E-state index contributed by atoms with van der Waals surface area (Å²) in [6.07, 6.45) is 8.95. The monoisotopic (exact) mass is 408 g/mol. The van der Waals surface area contributed by atoms with E-state index in [0.29, 0.717) is 24.5 Å². The van der Waals surface area contributed by atoms with Gasteiger partial charge in [-0.2, -0.15) is 0 Å². The van der Waals surface area contributed by atoms with E-state index >= 15 is 0 Å². The van der Waals surface area contributed by atoms with E-state index in [0.717, 1.165) is 33.6 Å². The number of methoxy groups -OCH3 is 1. The van der Waals surface area contributed by atoms with E-state index in [1.165, 1.54) is 5.57 Å². The average Bonchev–Trinajstić information content (AvgIpc) is 3.22. The Bertz CT molecular complexity index is 1380. The zero-order valence-corrected chi connectivity index (χ0v) is 17.7. The molecule has 154 valence electrons. The van der Waals surface area contributed by atoms with Gasteiger partial charge in [0.15, 0.2) is 0 Å². The zero-order chi connectivity index (χ0) is 21.2. The second-order valence-corrected chi connectivity index (χ2v) is 7.77. The van der Waals surface area contributed by atoms with Crippen molar-refractivity contribution in [3.8, 4) is 5.75 Å². The summed E-state index contributed by atoms with van der Waals surface area (Å²) in [5, 5.41) is 1.09. The quantitative estimate of drug-likeness (QED) is 0.457. The number of fused-ring (bicyclic) bond motifs is 3. The van der Waals surface area contributed by atoms with Crippen LogP contribution in [0.1, 0.15) is 18.3 Å². The van der Waals surface area contributed by atoms with Crippen LogP contribution in [0.5, 0.6) is 5.75 Å². The molecule has 2 heterocycles. The molecule has 0 N–H and O–H groups in total. The van der Waals surface area contributed by atoms with Crippen molar-refractivity contribution in [1.29, 1.82) is 0 Å². The molecule has 1 aliphatic rings. The Kier molecular flexibility index (Phi) is 5.08. The van der Waals surface area contributed by atoms with Crippen LogP contribution < -0.4 is 10.4 Å². The van der Waals surface area contributed by atoms with E-state index in [1.807, 2.05) is 36.5 Å². The molecular weight excluding hydrogens is 384 g/mol. The summed E-state index contributed by atoms with van der Waals surface area (Å²) < 4.78 is 7.40. The van der Waals surface area contributed by atoms with Crippen molar-refractivity contribution in [3.05, 3.63) is 102 Å². The molecule has 0 amide bonds. The van der Waals surface area contributed by atoms with Crippen molar-refractivity contribution >= 4 is 16.4 Å². The molecule has 1 unspecified atom stereocenters. The van der Waals surface area contributed by atoms with E-state index in [2.05, 4.69) is 58.8 Å². The highest BCUT2D eigenvalue weighted by Crippen LogP contribution is 2.21. The second kappa shape index (κ2) is 8.19. The van der Waals surface area contributed by atoms with Crippen LogP contribution >= 0.6 is 0 Å². The van der Waals surface area contributed by atoms with Gasteiger partial charge in [-0.1, -0.05) is 55.5 Å². The molecule has 5 nitrogen and oxygen atoms in total. The fraction of sp³-hybridized carbons (Fsp3) is 0.192. The zero-order valence-electron chi connectivity index (χ0n) is 17.7. The van der Waals surface area contributed by atoms with Crippen LogP contribution in [0.2, 0.25) is 0 Å². The normalized spacial score (nSPS) is 16.3. The summed E-state index contributed by atoms with van der Waals surface area (Å²) in [5.74, 6) is 2.18. The minimum absolute atomic E-state index is 0.418. The van der Waals surface area contributed by atoms with Crippen LogP contribution in [-0.2, 0) is 6.42 Å². The Hall–Kier alpha value is -3.73. The van der Waals surface area contributed by atoms with Gasteiger partial charge in [0, 0.05) is 18.0 Å². The van der Waals surface area contributed by atoms with Gasteiger partial charge < -0.3 is 4.74 Å². The third kappa shape index (κ3) is 3.75. The summed E-state index contributed by atoms with van der Waals surface area (Å²) in [5.41, 5.74) is 5.17. The van der Waals surface area contributed by atoms with Gasteiger partial charge in [-0.3, -0.25) is 4.40 Å². The number of aromatic nitrogens is 3. The van der Waals surface area contributed by atoms with Crippen LogP contribution in [0.3, 0.4) is 0 Å². The minimum Gasteiger partial charge on any atom is -0.497 e. The Morgan fingerprint density at radius 2 is 1.90 bits per heavy atom. The van der Waals surface area contributed by atoms with E-state index in [9.17, 15) is 0 Å². The fourth-order valence-electron chi connectivity index (χ4n) is 3.99. The topological polar surface area (TPSA) is 51.8 Å². The first-order valence-electron chi connectivity index (χ1n) is 10.5. The largest absolute Gasteiger partial charge is 0.497 e. The molecule has 0 saturated heterocycles. The Morgan fingerprint density at radius 3 is 2.68 bits per heavy atom. The minimum atomic E-state index is 0.418. The maximum absolute atomic E-state index is 5.30. The molecule has 0 saturated carbocycles. The highest BCUT2D eigenvalue weighted by atomic mass is 16.5. The Labute approximate surface area is 181 Å². The van der Waals surface area contributed by atoms with Crippen LogP contribution in [0, 0.1) is 5.92 Å². The van der Waals surface area contributed by atoms with E-state index in [1.54, 1.807) is 7.11 Å². The molecule has 5 rings (SSSR count). The summed E-state index contributed by atoms with van der Waals surface area (Å²) in [6.45, 7) is 2.82. The van der Waals surface area contributed by atoms with Gasteiger partial charge in [-0.25, -0.2) is 15.0 Å². The van der Waals surface area contributed by atoms with Crippen LogP contribution in [0.15, 0.2) is 89.6 Å². The van der Waals surface area contributed by atoms with Crippen LogP contribution in [-0.4, -0.2) is 28.0 Å². The predicted octanol–water partition coefficient (Wildman–Crippen LogP) is 4.51. The molecule has 2 aromatic carbocycles. The van der Waals surface area contributed by atoms with Gasteiger partial charge in [0.1, 0.15) is 11.6 Å². The molecule has 2 aromatic heterocycles. The van der Waals surface area contributed by atoms with Crippen molar-refractivity contribution in [1.82, 2.24) is 14.4 Å². The molecule has 0 bridgehead atoms. The first-order chi connectivity index (χ1) is 15.2. The lowest BCUT2D eigenvalue weighted by atomic mass is 10.1. The van der Waals surface area contributed by atoms with Crippen LogP contribution in [0.25, 0.3) is 16.4 Å². The van der Waals surface area contributed by atoms with Crippen LogP contribution in [0.4, 0.5) is 0 Å². The number of hydrogen-bond donors (Lipinski definition) is 0. The molecule has 31 heavy (non-hydrogen) atoms. The number of allylic oxidation sites excluding steroid dienone is 3. The highest BCUT2D eigenvalue weighted by molar-refractivity contribution is 5.93. The maximum atomic E-state index is 5.30. The number of hydrogen-bond acceptors (Lipinski definition) is 4. The Balaban J connectivity index is 1.67. The lowest BCUT2D eigenvalue weighted by molar-refractivity contribution is 0.414. The first kappa shape index (κ1) is 19.2. The van der Waals surface area contributed by atoms with E-state index in [4.69, 9.17) is 14.7 Å². The van der Waals surface area contributed by atoms with Crippen molar-refractivity contribution in [2.45, 2.75) is 13.3 Å². The smallest absolute Gasteiger partial charge is 0.231 e. The van der Waals surface area contributed by atoms with Gasteiger partial charge in [-0.15, -0.1) is 0 Å². The lowest BCUT2D eigenvalue weighted by Gasteiger charge is -2.13. The first-order valence-corrected chi connectivity index (χ1v) is 10.5. The molecule has 0 aliphatic heterocycles. The molecule has 0 spiro atoms. The SMILES string of the molecule is COc1ccc(Cc2nc3ccccc3c3ccn/c(=N/CC4=CC=CC4C)n23)cc1. The molecule has 4 aromatic rings. The fourth-order valence-corrected chi connectivity index (χ4v) is 3.99. The van der Waals surface area contributed by atoms with Crippen molar-refractivity contribution < 1.29 is 4.74 Å². The van der Waals surface area contributed by atoms with Gasteiger partial charge in [0.25, 0.3) is 0 Å². The molecule has 5 heteroatoms. The predicted molar refractivity (Wildman–Crippen MR) is 123 cm³/mol. The molecule has 1 aliphatic carbocycles. The molecule has 0 radical (unpaired) electrons. The third-order valence-electron chi connectivity index (χ3n) is 5.77. The maximum Gasteiger partial charge on any atom is 0.231 e. The van der Waals surface area contributed by atoms with Crippen molar-refractivity contribution in [2.24, 2.45) is 10.9 Å². The summed E-state index contributed by atoms with van der Waals surface area (Å²) in [4.78, 5) is 14.5. The summed E-state index contributed by atoms with van der Waals surface area (Å²) >= 11 is 0. The third-order valence-corrected chi connectivity index (χ3v) is 5.77. The number of benzene rings is 2. The number of nitrogens with zero attached hydrogens (tertiary/aromatic N) is 4. The van der Waals surface area contributed by atoms with Gasteiger partial charge >= 0.3 is 0 Å². The Morgan fingerprint density at radius 1 is 1.06 bits per heavy atom. The number of ether oxygens (including phenoxy) is 1. The standard InChI is InChI=1S/C26H24N4O/c1-18-6-5-7-20(18)17-28-26-27-15-14-24-22-8-3-4-9-23(22)29-25(30(24)26)16-19-10-12-21(31-2)13-11-19/h3-15,18H,16-17H2,1-2H3/b28-26-. The number of para-hydroxylation sites is 1. The van der Waals surface area contributed by atoms with Crippen molar-refractivity contribution in [2.75, 3.05) is 13.7 Å². The van der Waals surface area contributed by atoms with Crippen molar-refractivity contribution in [3.63, 3.8) is 0 Å². The summed E-state index contributed by atoms with van der Waals surface area (Å²) in [6, 6.07) is 18.4.